The Morgan fingerprint density at radius 2 is 1.90 bits per heavy atom. The van der Waals surface area contributed by atoms with Crippen LogP contribution >= 0.6 is 11.6 Å². The maximum Gasteiger partial charge on any atom is 0.0443 e. The molecule has 3 nitrogen and oxygen atoms in total. The van der Waals surface area contributed by atoms with E-state index in [4.69, 9.17) is 11.6 Å². The molecule has 0 aliphatic rings. The van der Waals surface area contributed by atoms with Gasteiger partial charge in [-0.05, 0) is 23.8 Å². The fraction of sp³-hybridized carbons (Fsp3) is 0.353. The molecular formula is C17H22ClN3. The summed E-state index contributed by atoms with van der Waals surface area (Å²) >= 11 is 5.93. The van der Waals surface area contributed by atoms with Gasteiger partial charge in [0.1, 0.15) is 0 Å². The molecule has 0 aliphatic heterocycles. The monoisotopic (exact) mass is 303 g/mol. The first-order chi connectivity index (χ1) is 10.1. The molecule has 112 valence electrons. The standard InChI is InChI=1S/C17H22ClN3/c1-13(2)20-11-15-10-19-9-8-17(15)21(3)12-14-4-6-16(18)7-5-14/h4-10,13,20H,11-12H2,1-3H3. The predicted molar refractivity (Wildman–Crippen MR) is 89.8 cm³/mol. The molecule has 0 saturated carbocycles. The molecule has 0 amide bonds. The van der Waals surface area contributed by atoms with Crippen molar-refractivity contribution in [3.8, 4) is 0 Å². The number of nitrogens with zero attached hydrogens (tertiary/aromatic N) is 2. The molecule has 2 rings (SSSR count). The fourth-order valence-electron chi connectivity index (χ4n) is 2.19. The zero-order chi connectivity index (χ0) is 15.2. The lowest BCUT2D eigenvalue weighted by molar-refractivity contribution is 0.587. The van der Waals surface area contributed by atoms with Gasteiger partial charge in [0, 0.05) is 54.8 Å². The van der Waals surface area contributed by atoms with Gasteiger partial charge < -0.3 is 10.2 Å². The summed E-state index contributed by atoms with van der Waals surface area (Å²) in [7, 11) is 2.10. The zero-order valence-electron chi connectivity index (χ0n) is 12.8. The molecule has 0 aliphatic carbocycles. The average Bonchev–Trinajstić information content (AvgIpc) is 2.47. The summed E-state index contributed by atoms with van der Waals surface area (Å²) in [6, 6.07) is 10.5. The first-order valence-electron chi connectivity index (χ1n) is 7.18. The van der Waals surface area contributed by atoms with Gasteiger partial charge in [0.2, 0.25) is 0 Å². The van der Waals surface area contributed by atoms with Gasteiger partial charge in [-0.15, -0.1) is 0 Å². The second-order valence-corrected chi connectivity index (χ2v) is 5.96. The minimum absolute atomic E-state index is 0.458. The van der Waals surface area contributed by atoms with Gasteiger partial charge in [-0.3, -0.25) is 4.98 Å². The van der Waals surface area contributed by atoms with Crippen LogP contribution in [0.15, 0.2) is 42.7 Å². The normalized spacial score (nSPS) is 10.9. The van der Waals surface area contributed by atoms with Crippen LogP contribution < -0.4 is 10.2 Å². The topological polar surface area (TPSA) is 28.2 Å². The molecule has 0 radical (unpaired) electrons. The molecule has 0 atom stereocenters. The van der Waals surface area contributed by atoms with Crippen LogP contribution in [-0.2, 0) is 13.1 Å². The maximum absolute atomic E-state index is 5.93. The molecule has 1 aromatic carbocycles. The third-order valence-electron chi connectivity index (χ3n) is 3.32. The minimum atomic E-state index is 0.458. The van der Waals surface area contributed by atoms with Crippen LogP contribution in [-0.4, -0.2) is 18.1 Å². The van der Waals surface area contributed by atoms with Crippen molar-refractivity contribution in [1.29, 1.82) is 0 Å². The predicted octanol–water partition coefficient (Wildman–Crippen LogP) is 3.87. The van der Waals surface area contributed by atoms with Crippen molar-refractivity contribution >= 4 is 17.3 Å². The summed E-state index contributed by atoms with van der Waals surface area (Å²) in [5.74, 6) is 0. The summed E-state index contributed by atoms with van der Waals surface area (Å²) in [6.45, 7) is 5.96. The van der Waals surface area contributed by atoms with E-state index in [9.17, 15) is 0 Å². The first kappa shape index (κ1) is 15.8. The smallest absolute Gasteiger partial charge is 0.0443 e. The Hall–Kier alpha value is -1.58. The highest BCUT2D eigenvalue weighted by molar-refractivity contribution is 6.30. The average molecular weight is 304 g/mol. The highest BCUT2D eigenvalue weighted by Gasteiger charge is 2.08. The number of rotatable bonds is 6. The molecule has 4 heteroatoms. The van der Waals surface area contributed by atoms with E-state index in [1.165, 1.54) is 16.8 Å². The summed E-state index contributed by atoms with van der Waals surface area (Å²) in [6.07, 6.45) is 3.77. The summed E-state index contributed by atoms with van der Waals surface area (Å²) < 4.78 is 0. The van der Waals surface area contributed by atoms with E-state index in [1.54, 1.807) is 0 Å². The number of pyridine rings is 1. The van der Waals surface area contributed by atoms with Gasteiger partial charge >= 0.3 is 0 Å². The highest BCUT2D eigenvalue weighted by atomic mass is 35.5. The van der Waals surface area contributed by atoms with E-state index < -0.39 is 0 Å². The van der Waals surface area contributed by atoms with Gasteiger partial charge in [0.25, 0.3) is 0 Å². The number of nitrogens with one attached hydrogen (secondary N) is 1. The molecule has 1 aromatic heterocycles. The number of hydrogen-bond donors (Lipinski definition) is 1. The van der Waals surface area contributed by atoms with Crippen molar-refractivity contribution < 1.29 is 0 Å². The van der Waals surface area contributed by atoms with E-state index in [-0.39, 0.29) is 0 Å². The van der Waals surface area contributed by atoms with Crippen molar-refractivity contribution in [3.05, 3.63) is 58.9 Å². The molecule has 1 N–H and O–H groups in total. The molecule has 0 unspecified atom stereocenters. The Balaban J connectivity index is 2.11. The third kappa shape index (κ3) is 4.73. The number of hydrogen-bond acceptors (Lipinski definition) is 3. The summed E-state index contributed by atoms with van der Waals surface area (Å²) in [4.78, 5) is 6.48. The van der Waals surface area contributed by atoms with Gasteiger partial charge in [0.05, 0.1) is 0 Å². The lowest BCUT2D eigenvalue weighted by Gasteiger charge is -2.23. The molecule has 2 aromatic rings. The second-order valence-electron chi connectivity index (χ2n) is 5.52. The second kappa shape index (κ2) is 7.43. The Bertz CT molecular complexity index is 567. The number of halogens is 1. The van der Waals surface area contributed by atoms with Gasteiger partial charge in [-0.2, -0.15) is 0 Å². The van der Waals surface area contributed by atoms with E-state index in [1.807, 2.05) is 24.5 Å². The molecule has 0 saturated heterocycles. The zero-order valence-corrected chi connectivity index (χ0v) is 13.6. The molecule has 0 bridgehead atoms. The Labute approximate surface area is 132 Å². The first-order valence-corrected chi connectivity index (χ1v) is 7.56. The van der Waals surface area contributed by atoms with Crippen LogP contribution in [0.2, 0.25) is 5.02 Å². The van der Waals surface area contributed by atoms with Gasteiger partial charge in [0.15, 0.2) is 0 Å². The summed E-state index contributed by atoms with van der Waals surface area (Å²) in [5, 5.41) is 4.21. The molecule has 0 fully saturated rings. The third-order valence-corrected chi connectivity index (χ3v) is 3.57. The van der Waals surface area contributed by atoms with Gasteiger partial charge in [-0.25, -0.2) is 0 Å². The Kier molecular flexibility index (Phi) is 5.59. The van der Waals surface area contributed by atoms with E-state index in [2.05, 4.69) is 54.3 Å². The fourth-order valence-corrected chi connectivity index (χ4v) is 2.32. The van der Waals surface area contributed by atoms with Crippen LogP contribution in [0, 0.1) is 0 Å². The lowest BCUT2D eigenvalue weighted by Crippen LogP contribution is -2.24. The molecule has 21 heavy (non-hydrogen) atoms. The van der Waals surface area contributed by atoms with Gasteiger partial charge in [-0.1, -0.05) is 37.6 Å². The largest absolute Gasteiger partial charge is 0.370 e. The van der Waals surface area contributed by atoms with E-state index in [0.29, 0.717) is 6.04 Å². The number of benzene rings is 1. The highest BCUT2D eigenvalue weighted by Crippen LogP contribution is 2.20. The van der Waals surface area contributed by atoms with Crippen molar-refractivity contribution in [3.63, 3.8) is 0 Å². The quantitative estimate of drug-likeness (QED) is 0.878. The molecule has 0 spiro atoms. The van der Waals surface area contributed by atoms with Crippen molar-refractivity contribution in [2.75, 3.05) is 11.9 Å². The van der Waals surface area contributed by atoms with Crippen molar-refractivity contribution in [1.82, 2.24) is 10.3 Å². The summed E-state index contributed by atoms with van der Waals surface area (Å²) in [5.41, 5.74) is 3.65. The number of anilines is 1. The number of aromatic nitrogens is 1. The van der Waals surface area contributed by atoms with E-state index >= 15 is 0 Å². The van der Waals surface area contributed by atoms with Crippen LogP contribution in [0.5, 0.6) is 0 Å². The van der Waals surface area contributed by atoms with Crippen LogP contribution in [0.4, 0.5) is 5.69 Å². The van der Waals surface area contributed by atoms with Crippen molar-refractivity contribution in [2.45, 2.75) is 33.0 Å². The Morgan fingerprint density at radius 3 is 2.57 bits per heavy atom. The minimum Gasteiger partial charge on any atom is -0.370 e. The van der Waals surface area contributed by atoms with Crippen LogP contribution in [0.3, 0.4) is 0 Å². The Morgan fingerprint density at radius 1 is 1.19 bits per heavy atom. The lowest BCUT2D eigenvalue weighted by atomic mass is 10.1. The van der Waals surface area contributed by atoms with E-state index in [0.717, 1.165) is 18.1 Å². The molecular weight excluding hydrogens is 282 g/mol. The van der Waals surface area contributed by atoms with Crippen LogP contribution in [0.25, 0.3) is 0 Å². The maximum atomic E-state index is 5.93. The molecule has 1 heterocycles. The van der Waals surface area contributed by atoms with Crippen molar-refractivity contribution in [2.24, 2.45) is 0 Å². The van der Waals surface area contributed by atoms with Crippen LogP contribution in [0.1, 0.15) is 25.0 Å². The SMILES string of the molecule is CC(C)NCc1cnccc1N(C)Cc1ccc(Cl)cc1.